The van der Waals surface area contributed by atoms with Crippen molar-refractivity contribution >= 4 is 0 Å². The molecule has 0 aliphatic carbocycles. The van der Waals surface area contributed by atoms with E-state index in [1.807, 2.05) is 0 Å². The van der Waals surface area contributed by atoms with Crippen LogP contribution in [-0.4, -0.2) is 19.8 Å². The van der Waals surface area contributed by atoms with Crippen molar-refractivity contribution in [3.8, 4) is 5.75 Å². The lowest BCUT2D eigenvalue weighted by atomic mass is 10.2. The highest BCUT2D eigenvalue weighted by Crippen LogP contribution is 2.21. The fourth-order valence-corrected chi connectivity index (χ4v) is 1.29. The molecule has 0 fully saturated rings. The van der Waals surface area contributed by atoms with Crippen LogP contribution >= 0.6 is 0 Å². The summed E-state index contributed by atoms with van der Waals surface area (Å²) in [6.07, 6.45) is -5.31. The van der Waals surface area contributed by atoms with Gasteiger partial charge in [0.05, 0.1) is 13.0 Å². The van der Waals surface area contributed by atoms with Crippen molar-refractivity contribution in [2.75, 3.05) is 13.7 Å². The molecule has 2 nitrogen and oxygen atoms in total. The van der Waals surface area contributed by atoms with E-state index in [0.29, 0.717) is 12.1 Å². The minimum atomic E-state index is -4.26. The number of hydrogen-bond donors (Lipinski definition) is 1. The minimum absolute atomic E-state index is 0.111. The molecule has 17 heavy (non-hydrogen) atoms. The molecule has 0 aliphatic rings. The molecule has 0 aliphatic heterocycles. The molecule has 0 atom stereocenters. The summed E-state index contributed by atoms with van der Waals surface area (Å²) in [5, 5.41) is 2.82. The predicted molar refractivity (Wildman–Crippen MR) is 55.3 cm³/mol. The topological polar surface area (TPSA) is 21.3 Å². The zero-order valence-electron chi connectivity index (χ0n) is 9.27. The van der Waals surface area contributed by atoms with Gasteiger partial charge in [-0.15, -0.1) is 0 Å². The number of alkyl halides is 3. The largest absolute Gasteiger partial charge is 0.493 e. The van der Waals surface area contributed by atoms with E-state index in [0.717, 1.165) is 6.07 Å². The average Bonchev–Trinajstić information content (AvgIpc) is 2.15. The first-order valence-corrected chi connectivity index (χ1v) is 5.04. The monoisotopic (exact) mass is 251 g/mol. The third-order valence-electron chi connectivity index (χ3n) is 1.97. The normalized spacial score (nSPS) is 11.6. The molecule has 0 heterocycles. The molecule has 1 aromatic carbocycles. The third kappa shape index (κ3) is 5.53. The fourth-order valence-electron chi connectivity index (χ4n) is 1.29. The van der Waals surface area contributed by atoms with E-state index in [4.69, 9.17) is 4.74 Å². The second-order valence-corrected chi connectivity index (χ2v) is 3.54. The van der Waals surface area contributed by atoms with Gasteiger partial charge in [-0.1, -0.05) is 0 Å². The minimum Gasteiger partial charge on any atom is -0.493 e. The maximum absolute atomic E-state index is 13.1. The van der Waals surface area contributed by atoms with E-state index in [1.54, 1.807) is 7.05 Å². The summed E-state index contributed by atoms with van der Waals surface area (Å²) in [6.45, 7) is -0.0840. The van der Waals surface area contributed by atoms with E-state index in [2.05, 4.69) is 5.32 Å². The summed E-state index contributed by atoms with van der Waals surface area (Å²) in [5.74, 6) is -0.417. The molecule has 96 valence electrons. The van der Waals surface area contributed by atoms with Crippen LogP contribution < -0.4 is 10.1 Å². The van der Waals surface area contributed by atoms with Gasteiger partial charge in [0.25, 0.3) is 0 Å². The highest BCUT2D eigenvalue weighted by atomic mass is 19.4. The van der Waals surface area contributed by atoms with Gasteiger partial charge < -0.3 is 10.1 Å². The molecular weight excluding hydrogens is 238 g/mol. The maximum atomic E-state index is 13.1. The van der Waals surface area contributed by atoms with Crippen molar-refractivity contribution in [3.05, 3.63) is 29.6 Å². The van der Waals surface area contributed by atoms with Crippen molar-refractivity contribution in [2.24, 2.45) is 0 Å². The molecule has 1 rings (SSSR count). The maximum Gasteiger partial charge on any atom is 0.392 e. The number of rotatable bonds is 5. The van der Waals surface area contributed by atoms with Crippen molar-refractivity contribution in [2.45, 2.75) is 19.1 Å². The number of benzene rings is 1. The molecule has 0 aromatic heterocycles. The van der Waals surface area contributed by atoms with Crippen LogP contribution in [0.3, 0.4) is 0 Å². The smallest absolute Gasteiger partial charge is 0.392 e. The Morgan fingerprint density at radius 2 is 1.94 bits per heavy atom. The molecule has 0 bridgehead atoms. The summed E-state index contributed by atoms with van der Waals surface area (Å²) in [4.78, 5) is 0. The lowest BCUT2D eigenvalue weighted by molar-refractivity contribution is -0.139. The van der Waals surface area contributed by atoms with Gasteiger partial charge >= 0.3 is 6.18 Å². The van der Waals surface area contributed by atoms with Crippen molar-refractivity contribution in [3.63, 3.8) is 0 Å². The Morgan fingerprint density at radius 1 is 1.24 bits per heavy atom. The van der Waals surface area contributed by atoms with E-state index in [1.165, 1.54) is 12.1 Å². The Balaban J connectivity index is 2.58. The summed E-state index contributed by atoms with van der Waals surface area (Å²) < 4.78 is 53.6. The Morgan fingerprint density at radius 3 is 2.53 bits per heavy atom. The lowest BCUT2D eigenvalue weighted by Crippen LogP contribution is -2.13. The number of ether oxygens (including phenoxy) is 1. The van der Waals surface area contributed by atoms with Gasteiger partial charge in [-0.3, -0.25) is 0 Å². The first-order valence-electron chi connectivity index (χ1n) is 5.04. The molecule has 6 heteroatoms. The Labute approximate surface area is 96.6 Å². The lowest BCUT2D eigenvalue weighted by Gasteiger charge is -2.10. The van der Waals surface area contributed by atoms with Gasteiger partial charge in [0, 0.05) is 12.6 Å². The van der Waals surface area contributed by atoms with Crippen LogP contribution in [0.15, 0.2) is 18.2 Å². The molecule has 1 aromatic rings. The van der Waals surface area contributed by atoms with E-state index < -0.39 is 25.0 Å². The number of nitrogens with one attached hydrogen (secondary N) is 1. The quantitative estimate of drug-likeness (QED) is 0.812. The molecule has 0 radical (unpaired) electrons. The number of hydrogen-bond acceptors (Lipinski definition) is 2. The van der Waals surface area contributed by atoms with Crippen LogP contribution in [0.4, 0.5) is 17.6 Å². The zero-order valence-corrected chi connectivity index (χ0v) is 9.27. The standard InChI is InChI=1S/C11H13F4NO/c1-16-7-8-4-9(12)6-10(5-8)17-3-2-11(13,14)15/h4-6,16H,2-3,7H2,1H3. The molecule has 0 unspecified atom stereocenters. The Kier molecular flexibility index (Phi) is 4.74. The first-order chi connectivity index (χ1) is 7.90. The van der Waals surface area contributed by atoms with Crippen molar-refractivity contribution in [1.29, 1.82) is 0 Å². The van der Waals surface area contributed by atoms with Gasteiger partial charge in [-0.2, -0.15) is 13.2 Å². The summed E-state index contributed by atoms with van der Waals surface area (Å²) in [7, 11) is 1.69. The van der Waals surface area contributed by atoms with Crippen LogP contribution in [0.25, 0.3) is 0 Å². The predicted octanol–water partition coefficient (Wildman–Crippen LogP) is 2.88. The van der Waals surface area contributed by atoms with Gasteiger partial charge in [-0.05, 0) is 24.7 Å². The van der Waals surface area contributed by atoms with Gasteiger partial charge in [0.15, 0.2) is 0 Å². The van der Waals surface area contributed by atoms with E-state index >= 15 is 0 Å². The molecule has 0 saturated heterocycles. The zero-order chi connectivity index (χ0) is 12.9. The summed E-state index contributed by atoms with van der Waals surface area (Å²) >= 11 is 0. The van der Waals surface area contributed by atoms with Crippen LogP contribution in [0.2, 0.25) is 0 Å². The molecule has 0 saturated carbocycles. The third-order valence-corrected chi connectivity index (χ3v) is 1.97. The SMILES string of the molecule is CNCc1cc(F)cc(OCCC(F)(F)F)c1. The van der Waals surface area contributed by atoms with E-state index in [9.17, 15) is 17.6 Å². The molecular formula is C11H13F4NO. The summed E-state index contributed by atoms with van der Waals surface area (Å²) in [6, 6.07) is 3.87. The summed E-state index contributed by atoms with van der Waals surface area (Å²) in [5.41, 5.74) is 0.620. The highest BCUT2D eigenvalue weighted by Gasteiger charge is 2.26. The molecule has 1 N–H and O–H groups in total. The molecule has 0 spiro atoms. The van der Waals surface area contributed by atoms with Crippen molar-refractivity contribution < 1.29 is 22.3 Å². The number of halogens is 4. The second-order valence-electron chi connectivity index (χ2n) is 3.54. The van der Waals surface area contributed by atoms with Crippen molar-refractivity contribution in [1.82, 2.24) is 5.32 Å². The van der Waals surface area contributed by atoms with Gasteiger partial charge in [-0.25, -0.2) is 4.39 Å². The second kappa shape index (κ2) is 5.86. The van der Waals surface area contributed by atoms with E-state index in [-0.39, 0.29) is 5.75 Å². The fraction of sp³-hybridized carbons (Fsp3) is 0.455. The average molecular weight is 251 g/mol. The van der Waals surface area contributed by atoms with Gasteiger partial charge in [0.1, 0.15) is 11.6 Å². The van der Waals surface area contributed by atoms with Crippen LogP contribution in [-0.2, 0) is 6.54 Å². The van der Waals surface area contributed by atoms with Crippen LogP contribution in [0, 0.1) is 5.82 Å². The first kappa shape index (κ1) is 13.8. The van der Waals surface area contributed by atoms with Crippen LogP contribution in [0.1, 0.15) is 12.0 Å². The molecule has 0 amide bonds. The Bertz CT molecular complexity index is 365. The Hall–Kier alpha value is -1.30. The van der Waals surface area contributed by atoms with Crippen LogP contribution in [0.5, 0.6) is 5.75 Å². The highest BCUT2D eigenvalue weighted by molar-refractivity contribution is 5.29. The van der Waals surface area contributed by atoms with Gasteiger partial charge in [0.2, 0.25) is 0 Å².